The molecule has 0 aliphatic carbocycles. The van der Waals surface area contributed by atoms with E-state index >= 15 is 0 Å². The predicted octanol–water partition coefficient (Wildman–Crippen LogP) is 4.52. The average Bonchev–Trinajstić information content (AvgIpc) is 2.63. The number of hydrogen-bond donors (Lipinski definition) is 1. The lowest BCUT2D eigenvalue weighted by molar-refractivity contribution is 0.179. The molecule has 0 fully saturated rings. The van der Waals surface area contributed by atoms with Crippen molar-refractivity contribution in [2.75, 3.05) is 0 Å². The van der Waals surface area contributed by atoms with E-state index in [-0.39, 0.29) is 17.4 Å². The van der Waals surface area contributed by atoms with Gasteiger partial charge in [0.1, 0.15) is 11.6 Å². The highest BCUT2D eigenvalue weighted by atomic mass is 35.5. The maximum atomic E-state index is 14.2. The van der Waals surface area contributed by atoms with Gasteiger partial charge in [-0.3, -0.25) is 9.69 Å². The van der Waals surface area contributed by atoms with Crippen LogP contribution in [0.3, 0.4) is 0 Å². The van der Waals surface area contributed by atoms with Crippen LogP contribution in [0.15, 0.2) is 47.3 Å². The van der Waals surface area contributed by atoms with Crippen LogP contribution in [0.4, 0.5) is 4.39 Å². The molecule has 26 heavy (non-hydrogen) atoms. The zero-order valence-corrected chi connectivity index (χ0v) is 15.6. The van der Waals surface area contributed by atoms with E-state index in [0.29, 0.717) is 40.4 Å². The predicted molar refractivity (Wildman–Crippen MR) is 103 cm³/mol. The standard InChI is InChI=1S/C20H21ClFN3O/c1-3-13(2)25(11-15-16(21)8-6-9-17(15)22)12-19-23-18-10-5-4-7-14(18)20(26)24-19/h4-10,13H,3,11-12H2,1-2H3,(H,23,24,26). The second-order valence-electron chi connectivity index (χ2n) is 6.39. The van der Waals surface area contributed by atoms with Crippen molar-refractivity contribution in [3.63, 3.8) is 0 Å². The molecule has 0 saturated heterocycles. The number of rotatable bonds is 6. The maximum Gasteiger partial charge on any atom is 0.258 e. The van der Waals surface area contributed by atoms with Gasteiger partial charge in [-0.05, 0) is 37.6 Å². The number of fused-ring (bicyclic) bond motifs is 1. The molecule has 3 rings (SSSR count). The Hall–Kier alpha value is -2.24. The Kier molecular flexibility index (Phi) is 5.69. The fourth-order valence-corrected chi connectivity index (χ4v) is 3.14. The highest BCUT2D eigenvalue weighted by molar-refractivity contribution is 6.31. The van der Waals surface area contributed by atoms with Crippen LogP contribution in [0.5, 0.6) is 0 Å². The summed E-state index contributed by atoms with van der Waals surface area (Å²) in [4.78, 5) is 21.8. The van der Waals surface area contributed by atoms with Gasteiger partial charge in [0.25, 0.3) is 5.56 Å². The Bertz CT molecular complexity index is 952. The van der Waals surface area contributed by atoms with Crippen molar-refractivity contribution in [1.29, 1.82) is 0 Å². The third-order valence-electron chi connectivity index (χ3n) is 4.65. The molecule has 0 saturated carbocycles. The molecule has 1 unspecified atom stereocenters. The number of aromatic nitrogens is 2. The third kappa shape index (κ3) is 3.94. The second kappa shape index (κ2) is 7.98. The Morgan fingerprint density at radius 2 is 1.96 bits per heavy atom. The van der Waals surface area contributed by atoms with Crippen LogP contribution < -0.4 is 5.56 Å². The molecule has 0 amide bonds. The summed E-state index contributed by atoms with van der Waals surface area (Å²) in [5.74, 6) is 0.229. The molecular weight excluding hydrogens is 353 g/mol. The first-order valence-corrected chi connectivity index (χ1v) is 9.02. The third-order valence-corrected chi connectivity index (χ3v) is 5.01. The molecule has 1 aromatic heterocycles. The van der Waals surface area contributed by atoms with E-state index in [1.54, 1.807) is 18.2 Å². The van der Waals surface area contributed by atoms with Crippen molar-refractivity contribution in [2.45, 2.75) is 39.4 Å². The van der Waals surface area contributed by atoms with Crippen LogP contribution in [-0.4, -0.2) is 20.9 Å². The molecule has 3 aromatic rings. The largest absolute Gasteiger partial charge is 0.309 e. The molecule has 0 aliphatic heterocycles. The van der Waals surface area contributed by atoms with Crippen molar-refractivity contribution >= 4 is 22.5 Å². The van der Waals surface area contributed by atoms with Gasteiger partial charge in [-0.2, -0.15) is 0 Å². The van der Waals surface area contributed by atoms with Crippen molar-refractivity contribution < 1.29 is 4.39 Å². The first-order chi connectivity index (χ1) is 12.5. The number of hydrogen-bond acceptors (Lipinski definition) is 3. The monoisotopic (exact) mass is 373 g/mol. The molecule has 1 N–H and O–H groups in total. The van der Waals surface area contributed by atoms with E-state index in [9.17, 15) is 9.18 Å². The Morgan fingerprint density at radius 3 is 2.69 bits per heavy atom. The summed E-state index contributed by atoms with van der Waals surface area (Å²) >= 11 is 6.19. The molecule has 0 bridgehead atoms. The summed E-state index contributed by atoms with van der Waals surface area (Å²) in [5, 5.41) is 0.960. The summed E-state index contributed by atoms with van der Waals surface area (Å²) in [7, 11) is 0. The summed E-state index contributed by atoms with van der Waals surface area (Å²) < 4.78 is 14.2. The maximum absolute atomic E-state index is 14.2. The zero-order chi connectivity index (χ0) is 18.7. The van der Waals surface area contributed by atoms with Gasteiger partial charge in [0.2, 0.25) is 0 Å². The summed E-state index contributed by atoms with van der Waals surface area (Å²) in [6, 6.07) is 12.1. The molecule has 1 heterocycles. The van der Waals surface area contributed by atoms with Gasteiger partial charge in [0.05, 0.1) is 17.4 Å². The van der Waals surface area contributed by atoms with Gasteiger partial charge in [0.15, 0.2) is 0 Å². The van der Waals surface area contributed by atoms with E-state index in [2.05, 4.69) is 28.7 Å². The summed E-state index contributed by atoms with van der Waals surface area (Å²) in [6.45, 7) is 4.88. The quantitative estimate of drug-likeness (QED) is 0.691. The minimum absolute atomic E-state index is 0.168. The average molecular weight is 374 g/mol. The number of nitrogens with one attached hydrogen (secondary N) is 1. The molecule has 0 radical (unpaired) electrons. The number of halogens is 2. The summed E-state index contributed by atoms with van der Waals surface area (Å²) in [6.07, 6.45) is 0.879. The number of para-hydroxylation sites is 1. The van der Waals surface area contributed by atoms with Crippen molar-refractivity contribution in [2.24, 2.45) is 0 Å². The fraction of sp³-hybridized carbons (Fsp3) is 0.300. The van der Waals surface area contributed by atoms with E-state index in [4.69, 9.17) is 11.6 Å². The van der Waals surface area contributed by atoms with E-state index in [1.165, 1.54) is 6.07 Å². The van der Waals surface area contributed by atoms with Crippen molar-refractivity contribution in [3.8, 4) is 0 Å². The van der Waals surface area contributed by atoms with Gasteiger partial charge in [-0.1, -0.05) is 36.7 Å². The van der Waals surface area contributed by atoms with E-state index in [1.807, 2.05) is 18.2 Å². The molecule has 4 nitrogen and oxygen atoms in total. The first-order valence-electron chi connectivity index (χ1n) is 8.64. The fourth-order valence-electron chi connectivity index (χ4n) is 2.91. The van der Waals surface area contributed by atoms with Gasteiger partial charge < -0.3 is 4.98 Å². The Morgan fingerprint density at radius 1 is 1.19 bits per heavy atom. The van der Waals surface area contributed by atoms with Crippen LogP contribution in [0.1, 0.15) is 31.7 Å². The van der Waals surface area contributed by atoms with Crippen LogP contribution in [0.2, 0.25) is 5.02 Å². The molecule has 2 aromatic carbocycles. The zero-order valence-electron chi connectivity index (χ0n) is 14.8. The number of benzene rings is 2. The number of H-pyrrole nitrogens is 1. The first kappa shape index (κ1) is 18.5. The van der Waals surface area contributed by atoms with Crippen LogP contribution in [-0.2, 0) is 13.1 Å². The van der Waals surface area contributed by atoms with Crippen LogP contribution in [0, 0.1) is 5.82 Å². The smallest absolute Gasteiger partial charge is 0.258 e. The minimum atomic E-state index is -0.328. The molecule has 0 aliphatic rings. The van der Waals surface area contributed by atoms with E-state index < -0.39 is 0 Å². The van der Waals surface area contributed by atoms with Crippen molar-refractivity contribution in [1.82, 2.24) is 14.9 Å². The minimum Gasteiger partial charge on any atom is -0.309 e. The van der Waals surface area contributed by atoms with Gasteiger partial charge in [-0.15, -0.1) is 0 Å². The molecule has 1 atom stereocenters. The topological polar surface area (TPSA) is 49.0 Å². The van der Waals surface area contributed by atoms with Gasteiger partial charge >= 0.3 is 0 Å². The highest BCUT2D eigenvalue weighted by Gasteiger charge is 2.18. The van der Waals surface area contributed by atoms with Crippen LogP contribution >= 0.6 is 11.6 Å². The highest BCUT2D eigenvalue weighted by Crippen LogP contribution is 2.23. The van der Waals surface area contributed by atoms with Gasteiger partial charge in [0, 0.05) is 23.2 Å². The Balaban J connectivity index is 1.93. The number of aromatic amines is 1. The Labute approximate surface area is 156 Å². The van der Waals surface area contributed by atoms with E-state index in [0.717, 1.165) is 6.42 Å². The summed E-state index contributed by atoms with van der Waals surface area (Å²) in [5.41, 5.74) is 0.940. The molecule has 136 valence electrons. The second-order valence-corrected chi connectivity index (χ2v) is 6.80. The SMILES string of the molecule is CCC(C)N(Cc1nc2ccccc2c(=O)[nH]1)Cc1c(F)cccc1Cl. The van der Waals surface area contributed by atoms with Gasteiger partial charge in [-0.25, -0.2) is 9.37 Å². The lowest BCUT2D eigenvalue weighted by Gasteiger charge is -2.28. The number of nitrogens with zero attached hydrogens (tertiary/aromatic N) is 2. The normalized spacial score (nSPS) is 12.7. The lowest BCUT2D eigenvalue weighted by atomic mass is 10.1. The van der Waals surface area contributed by atoms with Crippen molar-refractivity contribution in [3.05, 3.63) is 75.0 Å². The molecule has 6 heteroatoms. The molecule has 0 spiro atoms. The lowest BCUT2D eigenvalue weighted by Crippen LogP contribution is -2.33. The van der Waals surface area contributed by atoms with Crippen LogP contribution in [0.25, 0.3) is 10.9 Å². The molecular formula is C20H21ClFN3O.